The van der Waals surface area contributed by atoms with E-state index >= 15 is 0 Å². The summed E-state index contributed by atoms with van der Waals surface area (Å²) in [7, 11) is 0. The molecule has 0 aromatic heterocycles. The number of ketones is 1. The van der Waals surface area contributed by atoms with Crippen molar-refractivity contribution in [2.75, 3.05) is 6.61 Å². The number of Topliss-reactive ketones (excluding diaryl/α,β-unsaturated/α-hetero) is 1. The molecule has 3 rings (SSSR count). The summed E-state index contributed by atoms with van der Waals surface area (Å²) >= 11 is 0. The number of para-hydroxylation sites is 1. The molecule has 0 spiro atoms. The van der Waals surface area contributed by atoms with Crippen LogP contribution >= 0.6 is 0 Å². The second-order valence-electron chi connectivity index (χ2n) is 8.29. The third-order valence-electron chi connectivity index (χ3n) is 5.85. The smallest absolute Gasteiger partial charge is 0.165 e. The summed E-state index contributed by atoms with van der Waals surface area (Å²) in [5.74, 6) is 1.37. The number of ether oxygens (including phenoxy) is 2. The Hall–Kier alpha value is -3.14. The van der Waals surface area contributed by atoms with Gasteiger partial charge in [0.2, 0.25) is 0 Å². The van der Waals surface area contributed by atoms with Gasteiger partial charge in [0.05, 0.1) is 12.0 Å². The van der Waals surface area contributed by atoms with Crippen molar-refractivity contribution in [1.29, 1.82) is 0 Å². The monoisotopic (exact) mass is 434 g/mol. The molecule has 3 nitrogen and oxygen atoms in total. The Kier molecular flexibility index (Phi) is 8.04. The second-order valence-corrected chi connectivity index (χ2v) is 8.29. The molecule has 0 saturated heterocycles. The topological polar surface area (TPSA) is 35.5 Å². The van der Waals surface area contributed by atoms with E-state index < -0.39 is 11.2 Å². The molecule has 0 aliphatic rings. The van der Waals surface area contributed by atoms with Gasteiger partial charge < -0.3 is 9.47 Å². The molecule has 32 heavy (non-hydrogen) atoms. The fraction of sp³-hybridized carbons (Fsp3) is 0.321. The van der Waals surface area contributed by atoms with E-state index in [0.717, 1.165) is 36.1 Å². The van der Waals surface area contributed by atoms with Crippen LogP contribution in [0.25, 0.3) is 0 Å². The molecule has 0 saturated carbocycles. The summed E-state index contributed by atoms with van der Waals surface area (Å²) < 4.78 is 25.6. The number of carbonyl (C=O) groups excluding carboxylic acids is 1. The Labute approximate surface area is 190 Å². The molecule has 0 aliphatic heterocycles. The molecular formula is C28H31FO3. The molecule has 0 fully saturated rings. The lowest BCUT2D eigenvalue weighted by Crippen LogP contribution is -2.30. The van der Waals surface area contributed by atoms with E-state index in [-0.39, 0.29) is 11.5 Å². The van der Waals surface area contributed by atoms with Crippen molar-refractivity contribution in [3.8, 4) is 17.2 Å². The summed E-state index contributed by atoms with van der Waals surface area (Å²) in [6, 6.07) is 22.0. The van der Waals surface area contributed by atoms with Crippen LogP contribution < -0.4 is 9.47 Å². The average Bonchev–Trinajstić information content (AvgIpc) is 2.80. The van der Waals surface area contributed by atoms with Gasteiger partial charge in [-0.1, -0.05) is 43.3 Å². The molecule has 1 unspecified atom stereocenters. The largest absolute Gasteiger partial charge is 0.494 e. The van der Waals surface area contributed by atoms with E-state index in [4.69, 9.17) is 9.47 Å². The number of aryl methyl sites for hydroxylation is 1. The van der Waals surface area contributed by atoms with Gasteiger partial charge in [-0.15, -0.1) is 0 Å². The van der Waals surface area contributed by atoms with Crippen LogP contribution in [0.1, 0.15) is 51.2 Å². The Balaban J connectivity index is 1.66. The highest BCUT2D eigenvalue weighted by molar-refractivity contribution is 5.87. The van der Waals surface area contributed by atoms with Crippen molar-refractivity contribution in [3.05, 3.63) is 89.7 Å². The lowest BCUT2D eigenvalue weighted by atomic mass is 9.75. The van der Waals surface area contributed by atoms with Crippen molar-refractivity contribution in [3.63, 3.8) is 0 Å². The van der Waals surface area contributed by atoms with Crippen LogP contribution in [0.4, 0.5) is 4.39 Å². The van der Waals surface area contributed by atoms with Crippen LogP contribution in [-0.4, -0.2) is 12.4 Å². The van der Waals surface area contributed by atoms with Crippen LogP contribution in [0.3, 0.4) is 0 Å². The van der Waals surface area contributed by atoms with E-state index in [1.807, 2.05) is 49.4 Å². The van der Waals surface area contributed by atoms with Gasteiger partial charge in [0.1, 0.15) is 17.3 Å². The molecule has 0 N–H and O–H groups in total. The van der Waals surface area contributed by atoms with Crippen LogP contribution in [0.5, 0.6) is 17.2 Å². The Morgan fingerprint density at radius 3 is 2.34 bits per heavy atom. The van der Waals surface area contributed by atoms with E-state index in [2.05, 4.69) is 6.92 Å². The zero-order valence-corrected chi connectivity index (χ0v) is 19.1. The number of hydrogen-bond acceptors (Lipinski definition) is 3. The summed E-state index contributed by atoms with van der Waals surface area (Å²) in [5, 5.41) is 0. The van der Waals surface area contributed by atoms with Crippen molar-refractivity contribution < 1.29 is 18.7 Å². The lowest BCUT2D eigenvalue weighted by Gasteiger charge is -2.27. The predicted octanol–water partition coefficient (Wildman–Crippen LogP) is 7.28. The second kappa shape index (κ2) is 10.9. The van der Waals surface area contributed by atoms with Gasteiger partial charge in [0, 0.05) is 0 Å². The number of carbonyl (C=O) groups is 1. The Morgan fingerprint density at radius 1 is 0.969 bits per heavy atom. The summed E-state index contributed by atoms with van der Waals surface area (Å²) in [4.78, 5) is 12.6. The van der Waals surface area contributed by atoms with Gasteiger partial charge in [0.15, 0.2) is 11.6 Å². The quantitative estimate of drug-likeness (QED) is 0.318. The fourth-order valence-corrected chi connectivity index (χ4v) is 3.71. The molecule has 168 valence electrons. The zero-order valence-electron chi connectivity index (χ0n) is 19.1. The molecule has 1 atom stereocenters. The van der Waals surface area contributed by atoms with Crippen LogP contribution in [0.2, 0.25) is 0 Å². The van der Waals surface area contributed by atoms with E-state index in [9.17, 15) is 9.18 Å². The Morgan fingerprint density at radius 2 is 1.69 bits per heavy atom. The van der Waals surface area contributed by atoms with Gasteiger partial charge >= 0.3 is 0 Å². The molecule has 0 amide bonds. The predicted molar refractivity (Wildman–Crippen MR) is 126 cm³/mol. The van der Waals surface area contributed by atoms with Crippen LogP contribution in [0, 0.1) is 5.82 Å². The maximum Gasteiger partial charge on any atom is 0.165 e. The van der Waals surface area contributed by atoms with Gasteiger partial charge in [-0.3, -0.25) is 4.79 Å². The minimum absolute atomic E-state index is 0.131. The minimum atomic E-state index is -0.577. The fourth-order valence-electron chi connectivity index (χ4n) is 3.71. The first-order chi connectivity index (χ1) is 15.4. The summed E-state index contributed by atoms with van der Waals surface area (Å²) in [5.41, 5.74) is 1.39. The number of rotatable bonds is 11. The molecule has 0 radical (unpaired) electrons. The van der Waals surface area contributed by atoms with E-state index in [1.165, 1.54) is 6.07 Å². The Bertz CT molecular complexity index is 1010. The van der Waals surface area contributed by atoms with Gasteiger partial charge in [-0.2, -0.15) is 0 Å². The molecule has 3 aromatic rings. The van der Waals surface area contributed by atoms with Crippen LogP contribution in [0.15, 0.2) is 72.8 Å². The maximum absolute atomic E-state index is 14.2. The first-order valence-electron chi connectivity index (χ1n) is 11.2. The van der Waals surface area contributed by atoms with Gasteiger partial charge in [-0.25, -0.2) is 4.39 Å². The van der Waals surface area contributed by atoms with Crippen LogP contribution in [-0.2, 0) is 16.6 Å². The third kappa shape index (κ3) is 5.97. The lowest BCUT2D eigenvalue weighted by molar-refractivity contribution is -0.122. The highest BCUT2D eigenvalue weighted by Gasteiger charge is 2.31. The summed E-state index contributed by atoms with van der Waals surface area (Å²) in [6.45, 7) is 6.38. The number of benzene rings is 3. The van der Waals surface area contributed by atoms with Crippen molar-refractivity contribution in [2.45, 2.75) is 51.9 Å². The highest BCUT2D eigenvalue weighted by Crippen LogP contribution is 2.33. The summed E-state index contributed by atoms with van der Waals surface area (Å²) in [6.07, 6.45) is 3.17. The molecular weight excluding hydrogens is 403 g/mol. The average molecular weight is 435 g/mol. The number of halogens is 1. The zero-order chi connectivity index (χ0) is 23.0. The minimum Gasteiger partial charge on any atom is -0.494 e. The molecule has 0 heterocycles. The van der Waals surface area contributed by atoms with Gasteiger partial charge in [0.25, 0.3) is 0 Å². The third-order valence-corrected chi connectivity index (χ3v) is 5.85. The first-order valence-corrected chi connectivity index (χ1v) is 11.2. The van der Waals surface area contributed by atoms with Gasteiger partial charge in [-0.05, 0) is 87.1 Å². The van der Waals surface area contributed by atoms with Crippen molar-refractivity contribution in [1.82, 2.24) is 0 Å². The maximum atomic E-state index is 14.2. The standard InChI is InChI=1S/C28H31FO3/c1-4-19-31-24-15-13-23(14-16-24)28(3,21(2)30)18-8-9-22-12-17-26(29)27(20-22)32-25-10-6-5-7-11-25/h5-7,10-17,20H,4,8-9,18-19H2,1-3H3. The van der Waals surface area contributed by atoms with E-state index in [1.54, 1.807) is 31.2 Å². The van der Waals surface area contributed by atoms with E-state index in [0.29, 0.717) is 18.8 Å². The highest BCUT2D eigenvalue weighted by atomic mass is 19.1. The SMILES string of the molecule is CCCOc1ccc(C(C)(CCCc2ccc(F)c(Oc3ccccc3)c2)C(C)=O)cc1. The molecule has 0 bridgehead atoms. The first kappa shape index (κ1) is 23.5. The van der Waals surface area contributed by atoms with Crippen molar-refractivity contribution >= 4 is 5.78 Å². The normalized spacial score (nSPS) is 12.8. The molecule has 0 aliphatic carbocycles. The van der Waals surface area contributed by atoms with Crippen molar-refractivity contribution in [2.24, 2.45) is 0 Å². The number of hydrogen-bond donors (Lipinski definition) is 0. The molecule has 4 heteroatoms. The molecule has 3 aromatic carbocycles.